The molecule has 4 heteroatoms. The second-order valence-electron chi connectivity index (χ2n) is 6.50. The van der Waals surface area contributed by atoms with Gasteiger partial charge in [0.15, 0.2) is 0 Å². The molecule has 0 spiro atoms. The summed E-state index contributed by atoms with van der Waals surface area (Å²) in [6.45, 7) is 7.43. The number of nitrogens with zero attached hydrogens (tertiary/aromatic N) is 1. The van der Waals surface area contributed by atoms with Crippen LogP contribution in [0.5, 0.6) is 0 Å². The van der Waals surface area contributed by atoms with E-state index < -0.39 is 0 Å². The van der Waals surface area contributed by atoms with Crippen molar-refractivity contribution < 1.29 is 0 Å². The molecular formula is C18H25N3O. The number of rotatable bonds is 4. The number of pyridine rings is 1. The van der Waals surface area contributed by atoms with E-state index in [1.807, 2.05) is 30.3 Å². The maximum atomic E-state index is 12.1. The molecule has 3 rings (SSSR count). The maximum absolute atomic E-state index is 12.1. The molecule has 0 bridgehead atoms. The van der Waals surface area contributed by atoms with Crippen LogP contribution in [0.3, 0.4) is 0 Å². The van der Waals surface area contributed by atoms with E-state index in [0.29, 0.717) is 18.6 Å². The predicted octanol–water partition coefficient (Wildman–Crippen LogP) is 2.49. The SMILES string of the molecule is CC(C)N1CCC(NCc2cc3ccccc3[nH]c2=O)CC1. The van der Waals surface area contributed by atoms with Crippen LogP contribution in [0.25, 0.3) is 10.9 Å². The predicted molar refractivity (Wildman–Crippen MR) is 91.1 cm³/mol. The highest BCUT2D eigenvalue weighted by Crippen LogP contribution is 2.14. The van der Waals surface area contributed by atoms with Gasteiger partial charge in [-0.15, -0.1) is 0 Å². The standard InChI is InChI=1S/C18H25N3O/c1-13(2)21-9-7-16(8-10-21)19-12-15-11-14-5-3-4-6-17(14)20-18(15)22/h3-6,11,13,16,19H,7-10,12H2,1-2H3,(H,20,22). The molecule has 0 amide bonds. The normalized spacial score (nSPS) is 17.4. The van der Waals surface area contributed by atoms with Gasteiger partial charge >= 0.3 is 0 Å². The molecule has 118 valence electrons. The van der Waals surface area contributed by atoms with E-state index in [0.717, 1.165) is 42.4 Å². The third-order valence-corrected chi connectivity index (χ3v) is 4.67. The fourth-order valence-electron chi connectivity index (χ4n) is 3.20. The van der Waals surface area contributed by atoms with Crippen LogP contribution in [0, 0.1) is 0 Å². The van der Waals surface area contributed by atoms with Gasteiger partial charge in [-0.05, 0) is 57.3 Å². The van der Waals surface area contributed by atoms with Crippen LogP contribution in [0.4, 0.5) is 0 Å². The molecule has 0 saturated carbocycles. The Morgan fingerprint density at radius 3 is 2.73 bits per heavy atom. The minimum Gasteiger partial charge on any atom is -0.322 e. The van der Waals surface area contributed by atoms with Crippen molar-refractivity contribution in [2.45, 2.75) is 45.3 Å². The number of fused-ring (bicyclic) bond motifs is 1. The fourth-order valence-corrected chi connectivity index (χ4v) is 3.20. The van der Waals surface area contributed by atoms with Gasteiger partial charge in [0, 0.05) is 29.7 Å². The summed E-state index contributed by atoms with van der Waals surface area (Å²) in [7, 11) is 0. The first-order valence-corrected chi connectivity index (χ1v) is 8.22. The highest BCUT2D eigenvalue weighted by molar-refractivity contribution is 5.78. The zero-order valence-electron chi connectivity index (χ0n) is 13.4. The molecular weight excluding hydrogens is 274 g/mol. The molecule has 0 aliphatic carbocycles. The third kappa shape index (κ3) is 3.39. The molecule has 4 nitrogen and oxygen atoms in total. The molecule has 1 fully saturated rings. The Bertz CT molecular complexity index is 684. The van der Waals surface area contributed by atoms with E-state index in [1.165, 1.54) is 0 Å². The molecule has 0 atom stereocenters. The monoisotopic (exact) mass is 299 g/mol. The van der Waals surface area contributed by atoms with E-state index in [1.54, 1.807) is 0 Å². The number of piperidine rings is 1. The van der Waals surface area contributed by atoms with Crippen molar-refractivity contribution in [1.29, 1.82) is 0 Å². The molecule has 2 aromatic rings. The lowest BCUT2D eigenvalue weighted by molar-refractivity contribution is 0.161. The first-order valence-electron chi connectivity index (χ1n) is 8.22. The zero-order chi connectivity index (χ0) is 15.5. The Hall–Kier alpha value is -1.65. The molecule has 2 N–H and O–H groups in total. The molecule has 1 aromatic carbocycles. The van der Waals surface area contributed by atoms with Crippen molar-refractivity contribution >= 4 is 10.9 Å². The van der Waals surface area contributed by atoms with Crippen molar-refractivity contribution in [1.82, 2.24) is 15.2 Å². The number of aromatic nitrogens is 1. The van der Waals surface area contributed by atoms with Gasteiger partial charge in [-0.1, -0.05) is 18.2 Å². The largest absolute Gasteiger partial charge is 0.322 e. The van der Waals surface area contributed by atoms with Crippen LogP contribution in [0.1, 0.15) is 32.3 Å². The van der Waals surface area contributed by atoms with Gasteiger partial charge in [0.2, 0.25) is 0 Å². The summed E-state index contributed by atoms with van der Waals surface area (Å²) in [5.74, 6) is 0. The first kappa shape index (κ1) is 15.3. The average molecular weight is 299 g/mol. The van der Waals surface area contributed by atoms with Gasteiger partial charge in [0.25, 0.3) is 5.56 Å². The number of para-hydroxylation sites is 1. The van der Waals surface area contributed by atoms with Crippen molar-refractivity contribution in [3.8, 4) is 0 Å². The quantitative estimate of drug-likeness (QED) is 0.912. The minimum atomic E-state index is 0.0193. The molecule has 1 aliphatic heterocycles. The first-order chi connectivity index (χ1) is 10.6. The Morgan fingerprint density at radius 2 is 2.00 bits per heavy atom. The molecule has 2 heterocycles. The summed E-state index contributed by atoms with van der Waals surface area (Å²) >= 11 is 0. The second kappa shape index (κ2) is 6.63. The lowest BCUT2D eigenvalue weighted by Gasteiger charge is -2.35. The van der Waals surface area contributed by atoms with Crippen molar-refractivity contribution in [2.24, 2.45) is 0 Å². The highest BCUT2D eigenvalue weighted by atomic mass is 16.1. The van der Waals surface area contributed by atoms with Crippen LogP contribution in [-0.4, -0.2) is 35.1 Å². The Kier molecular flexibility index (Phi) is 4.60. The number of hydrogen-bond acceptors (Lipinski definition) is 3. The topological polar surface area (TPSA) is 48.1 Å². The number of nitrogens with one attached hydrogen (secondary N) is 2. The smallest absolute Gasteiger partial charge is 0.252 e. The summed E-state index contributed by atoms with van der Waals surface area (Å²) in [4.78, 5) is 17.6. The number of H-pyrrole nitrogens is 1. The van der Waals surface area contributed by atoms with Crippen molar-refractivity contribution in [2.75, 3.05) is 13.1 Å². The van der Waals surface area contributed by atoms with Crippen molar-refractivity contribution in [3.05, 3.63) is 46.2 Å². The van der Waals surface area contributed by atoms with Crippen LogP contribution in [0.15, 0.2) is 35.1 Å². The zero-order valence-corrected chi connectivity index (χ0v) is 13.4. The van der Waals surface area contributed by atoms with Gasteiger partial charge in [-0.3, -0.25) is 4.79 Å². The van der Waals surface area contributed by atoms with E-state index in [-0.39, 0.29) is 5.56 Å². The fraction of sp³-hybridized carbons (Fsp3) is 0.500. The summed E-state index contributed by atoms with van der Waals surface area (Å²) in [5.41, 5.74) is 1.75. The number of hydrogen-bond donors (Lipinski definition) is 2. The summed E-state index contributed by atoms with van der Waals surface area (Å²) in [6, 6.07) is 11.1. The molecule has 22 heavy (non-hydrogen) atoms. The van der Waals surface area contributed by atoms with Gasteiger partial charge in [0.1, 0.15) is 0 Å². The Morgan fingerprint density at radius 1 is 1.27 bits per heavy atom. The minimum absolute atomic E-state index is 0.0193. The van der Waals surface area contributed by atoms with Gasteiger partial charge < -0.3 is 15.2 Å². The van der Waals surface area contributed by atoms with Crippen LogP contribution < -0.4 is 10.9 Å². The van der Waals surface area contributed by atoms with Crippen LogP contribution >= 0.6 is 0 Å². The Labute approximate surface area is 131 Å². The molecule has 1 aliphatic rings. The van der Waals surface area contributed by atoms with Crippen LogP contribution in [-0.2, 0) is 6.54 Å². The van der Waals surface area contributed by atoms with Crippen molar-refractivity contribution in [3.63, 3.8) is 0 Å². The van der Waals surface area contributed by atoms with Gasteiger partial charge in [-0.2, -0.15) is 0 Å². The lowest BCUT2D eigenvalue weighted by Crippen LogP contribution is -2.45. The van der Waals surface area contributed by atoms with Crippen LogP contribution in [0.2, 0.25) is 0 Å². The lowest BCUT2D eigenvalue weighted by atomic mass is 10.0. The average Bonchev–Trinajstić information content (AvgIpc) is 2.53. The molecule has 1 aromatic heterocycles. The second-order valence-corrected chi connectivity index (χ2v) is 6.50. The van der Waals surface area contributed by atoms with Gasteiger partial charge in [0.05, 0.1) is 0 Å². The Balaban J connectivity index is 1.62. The van der Waals surface area contributed by atoms with E-state index in [2.05, 4.69) is 29.0 Å². The molecule has 0 radical (unpaired) electrons. The highest BCUT2D eigenvalue weighted by Gasteiger charge is 2.20. The maximum Gasteiger partial charge on any atom is 0.252 e. The number of aromatic amines is 1. The number of likely N-dealkylation sites (tertiary alicyclic amines) is 1. The van der Waals surface area contributed by atoms with E-state index in [4.69, 9.17) is 0 Å². The van der Waals surface area contributed by atoms with E-state index in [9.17, 15) is 4.79 Å². The molecule has 1 saturated heterocycles. The summed E-state index contributed by atoms with van der Waals surface area (Å²) < 4.78 is 0. The summed E-state index contributed by atoms with van der Waals surface area (Å²) in [6.07, 6.45) is 2.31. The van der Waals surface area contributed by atoms with Gasteiger partial charge in [-0.25, -0.2) is 0 Å². The number of benzene rings is 1. The third-order valence-electron chi connectivity index (χ3n) is 4.67. The van der Waals surface area contributed by atoms with E-state index >= 15 is 0 Å². The summed E-state index contributed by atoms with van der Waals surface area (Å²) in [5, 5.41) is 4.65. The molecule has 0 unspecified atom stereocenters.